The number of fused-ring (bicyclic) bond motifs is 1. The summed E-state index contributed by atoms with van der Waals surface area (Å²) in [6.45, 7) is 0.638. The zero-order valence-corrected chi connectivity index (χ0v) is 16.9. The molecule has 0 radical (unpaired) electrons. The quantitative estimate of drug-likeness (QED) is 0.465. The molecule has 0 saturated heterocycles. The molecule has 0 N–H and O–H groups in total. The molecule has 0 aliphatic rings. The number of aromatic nitrogens is 2. The summed E-state index contributed by atoms with van der Waals surface area (Å²) < 4.78 is 18.1. The summed E-state index contributed by atoms with van der Waals surface area (Å²) in [6, 6.07) is 22.3. The Kier molecular flexibility index (Phi) is 5.66. The van der Waals surface area contributed by atoms with E-state index in [9.17, 15) is 4.79 Å². The first-order valence-corrected chi connectivity index (χ1v) is 9.61. The normalized spacial score (nSPS) is 10.7. The molecule has 0 aliphatic heterocycles. The Labute approximate surface area is 174 Å². The predicted octanol–water partition coefficient (Wildman–Crippen LogP) is 4.16. The van der Waals surface area contributed by atoms with E-state index < -0.39 is 0 Å². The van der Waals surface area contributed by atoms with Gasteiger partial charge >= 0.3 is 0 Å². The van der Waals surface area contributed by atoms with Crippen molar-refractivity contribution in [3.05, 3.63) is 83.2 Å². The second-order valence-corrected chi connectivity index (χ2v) is 6.64. The molecule has 0 amide bonds. The fraction of sp³-hybridized carbons (Fsp3) is 0.167. The van der Waals surface area contributed by atoms with Crippen molar-refractivity contribution < 1.29 is 14.2 Å². The van der Waals surface area contributed by atoms with E-state index in [1.807, 2.05) is 66.7 Å². The van der Waals surface area contributed by atoms with Crippen molar-refractivity contribution >= 4 is 10.9 Å². The molecular weight excluding hydrogens is 380 g/mol. The lowest BCUT2D eigenvalue weighted by atomic mass is 10.1. The van der Waals surface area contributed by atoms with Crippen LogP contribution in [-0.4, -0.2) is 30.4 Å². The Balaban J connectivity index is 1.71. The van der Waals surface area contributed by atoms with Crippen LogP contribution in [0.25, 0.3) is 22.3 Å². The summed E-state index contributed by atoms with van der Waals surface area (Å²) in [5.41, 5.74) is 1.39. The zero-order chi connectivity index (χ0) is 20.9. The molecule has 0 aliphatic carbocycles. The van der Waals surface area contributed by atoms with Gasteiger partial charge in [0.25, 0.3) is 5.56 Å². The predicted molar refractivity (Wildman–Crippen MR) is 116 cm³/mol. The van der Waals surface area contributed by atoms with Gasteiger partial charge in [0.2, 0.25) is 0 Å². The van der Waals surface area contributed by atoms with Crippen molar-refractivity contribution in [2.45, 2.75) is 6.54 Å². The Hall–Kier alpha value is -3.80. The Morgan fingerprint density at radius 1 is 0.833 bits per heavy atom. The maximum atomic E-state index is 13.2. The van der Waals surface area contributed by atoms with E-state index in [1.165, 1.54) is 0 Å². The molecule has 3 aromatic carbocycles. The molecule has 0 unspecified atom stereocenters. The van der Waals surface area contributed by atoms with E-state index >= 15 is 0 Å². The van der Waals surface area contributed by atoms with E-state index in [0.717, 1.165) is 11.3 Å². The topological polar surface area (TPSA) is 62.6 Å². The maximum absolute atomic E-state index is 13.2. The summed E-state index contributed by atoms with van der Waals surface area (Å²) in [5.74, 6) is 2.61. The molecule has 1 heterocycles. The summed E-state index contributed by atoms with van der Waals surface area (Å²) in [7, 11) is 3.22. The van der Waals surface area contributed by atoms with Gasteiger partial charge in [0, 0.05) is 5.56 Å². The van der Waals surface area contributed by atoms with Crippen LogP contribution in [0.2, 0.25) is 0 Å². The van der Waals surface area contributed by atoms with Crippen LogP contribution in [-0.2, 0) is 6.54 Å². The van der Waals surface area contributed by atoms with Crippen molar-refractivity contribution in [3.63, 3.8) is 0 Å². The lowest BCUT2D eigenvalue weighted by Crippen LogP contribution is -2.26. The molecule has 4 rings (SSSR count). The fourth-order valence-corrected chi connectivity index (χ4v) is 3.32. The van der Waals surface area contributed by atoms with Crippen molar-refractivity contribution in [2.24, 2.45) is 0 Å². The minimum atomic E-state index is -0.102. The molecule has 0 saturated carbocycles. The van der Waals surface area contributed by atoms with Gasteiger partial charge < -0.3 is 14.2 Å². The molecule has 6 heteroatoms. The van der Waals surface area contributed by atoms with E-state index in [4.69, 9.17) is 19.2 Å². The second-order valence-electron chi connectivity index (χ2n) is 6.64. The number of benzene rings is 3. The number of rotatable bonds is 7. The first-order chi connectivity index (χ1) is 14.7. The van der Waals surface area contributed by atoms with Crippen LogP contribution in [0.1, 0.15) is 0 Å². The molecule has 0 fully saturated rings. The highest BCUT2D eigenvalue weighted by Gasteiger charge is 2.13. The van der Waals surface area contributed by atoms with Gasteiger partial charge in [-0.25, -0.2) is 4.98 Å². The number of hydrogen-bond donors (Lipinski definition) is 0. The van der Waals surface area contributed by atoms with Crippen LogP contribution in [0, 0.1) is 0 Å². The van der Waals surface area contributed by atoms with Gasteiger partial charge in [0.05, 0.1) is 31.7 Å². The van der Waals surface area contributed by atoms with E-state index in [2.05, 4.69) is 0 Å². The molecule has 4 aromatic rings. The Morgan fingerprint density at radius 3 is 2.27 bits per heavy atom. The first-order valence-electron chi connectivity index (χ1n) is 9.61. The van der Waals surface area contributed by atoms with Crippen LogP contribution in [0.5, 0.6) is 17.2 Å². The average molecular weight is 402 g/mol. The van der Waals surface area contributed by atoms with Gasteiger partial charge in [0.15, 0.2) is 11.5 Å². The number of nitrogens with zero attached hydrogens (tertiary/aromatic N) is 2. The molecule has 0 spiro atoms. The van der Waals surface area contributed by atoms with Crippen molar-refractivity contribution in [1.29, 1.82) is 0 Å². The highest BCUT2D eigenvalue weighted by molar-refractivity contribution is 5.79. The number of ether oxygens (including phenoxy) is 3. The summed E-state index contributed by atoms with van der Waals surface area (Å²) in [4.78, 5) is 18.0. The highest BCUT2D eigenvalue weighted by atomic mass is 16.5. The highest BCUT2D eigenvalue weighted by Crippen LogP contribution is 2.26. The van der Waals surface area contributed by atoms with Crippen molar-refractivity contribution in [2.75, 3.05) is 20.8 Å². The largest absolute Gasteiger partial charge is 0.497 e. The molecule has 152 valence electrons. The molecule has 30 heavy (non-hydrogen) atoms. The lowest BCUT2D eigenvalue weighted by Gasteiger charge is -2.15. The zero-order valence-electron chi connectivity index (χ0n) is 16.9. The third-order valence-electron chi connectivity index (χ3n) is 4.85. The van der Waals surface area contributed by atoms with Crippen molar-refractivity contribution in [3.8, 4) is 28.6 Å². The fourth-order valence-electron chi connectivity index (χ4n) is 3.32. The number of hydrogen-bond acceptors (Lipinski definition) is 5. The summed E-state index contributed by atoms with van der Waals surface area (Å²) in [6.07, 6.45) is 0. The van der Waals surface area contributed by atoms with Gasteiger partial charge in [-0.15, -0.1) is 0 Å². The van der Waals surface area contributed by atoms with Crippen LogP contribution in [0.4, 0.5) is 0 Å². The van der Waals surface area contributed by atoms with Gasteiger partial charge in [0.1, 0.15) is 18.2 Å². The van der Waals surface area contributed by atoms with E-state index in [0.29, 0.717) is 41.4 Å². The molecule has 0 atom stereocenters. The number of methoxy groups -OCH3 is 2. The van der Waals surface area contributed by atoms with Crippen LogP contribution < -0.4 is 19.8 Å². The smallest absolute Gasteiger partial charge is 0.261 e. The molecular formula is C24H22N2O4. The lowest BCUT2D eigenvalue weighted by molar-refractivity contribution is 0.278. The third-order valence-corrected chi connectivity index (χ3v) is 4.85. The first kappa shape index (κ1) is 19.5. The van der Waals surface area contributed by atoms with Gasteiger partial charge in [-0.3, -0.25) is 9.36 Å². The minimum absolute atomic E-state index is 0.102. The average Bonchev–Trinajstić information content (AvgIpc) is 2.80. The van der Waals surface area contributed by atoms with Crippen LogP contribution >= 0.6 is 0 Å². The Bertz CT molecular complexity index is 1220. The Morgan fingerprint density at radius 2 is 1.53 bits per heavy atom. The monoisotopic (exact) mass is 402 g/mol. The summed E-state index contributed by atoms with van der Waals surface area (Å²) in [5, 5.41) is 0.576. The van der Waals surface area contributed by atoms with E-state index in [-0.39, 0.29) is 5.56 Å². The van der Waals surface area contributed by atoms with Crippen molar-refractivity contribution in [1.82, 2.24) is 9.55 Å². The second kappa shape index (κ2) is 8.69. The maximum Gasteiger partial charge on any atom is 0.261 e. The number of para-hydroxylation sites is 3. The molecule has 0 bridgehead atoms. The van der Waals surface area contributed by atoms with Gasteiger partial charge in [-0.2, -0.15) is 0 Å². The third kappa shape index (κ3) is 3.85. The standard InChI is InChI=1S/C24H22N2O4/c1-28-18-13-11-17(12-14-18)23-25-20-8-4-3-7-19(20)24(27)26(23)15-16-30-22-10-6-5-9-21(22)29-2/h3-14H,15-16H2,1-2H3. The molecule has 6 nitrogen and oxygen atoms in total. The SMILES string of the molecule is COc1ccc(-c2nc3ccccc3c(=O)n2CCOc2ccccc2OC)cc1. The van der Waals surface area contributed by atoms with E-state index in [1.54, 1.807) is 24.9 Å². The van der Waals surface area contributed by atoms with Gasteiger partial charge in [-0.1, -0.05) is 24.3 Å². The molecule has 1 aromatic heterocycles. The summed E-state index contributed by atoms with van der Waals surface area (Å²) >= 11 is 0. The van der Waals surface area contributed by atoms with Crippen LogP contribution in [0.15, 0.2) is 77.6 Å². The minimum Gasteiger partial charge on any atom is -0.497 e. The van der Waals surface area contributed by atoms with Gasteiger partial charge in [-0.05, 0) is 48.5 Å². The van der Waals surface area contributed by atoms with Crippen LogP contribution in [0.3, 0.4) is 0 Å².